The smallest absolute Gasteiger partial charge is 0.0233 e. The van der Waals surface area contributed by atoms with Gasteiger partial charge in [0.2, 0.25) is 0 Å². The lowest BCUT2D eigenvalue weighted by Crippen LogP contribution is -2.33. The van der Waals surface area contributed by atoms with Crippen molar-refractivity contribution in [3.8, 4) is 0 Å². The fourth-order valence-electron chi connectivity index (χ4n) is 2.43. The Labute approximate surface area is 103 Å². The minimum Gasteiger partial charge on any atom is -0.299 e. The number of hydrogen-bond donors (Lipinski definition) is 0. The Kier molecular flexibility index (Phi) is 4.68. The maximum Gasteiger partial charge on any atom is 0.0233 e. The highest BCUT2D eigenvalue weighted by atomic mass is 35.5. The van der Waals surface area contributed by atoms with Gasteiger partial charge in [0.25, 0.3) is 0 Å². The van der Waals surface area contributed by atoms with E-state index in [4.69, 9.17) is 11.6 Å². The van der Waals surface area contributed by atoms with Crippen molar-refractivity contribution in [1.82, 2.24) is 4.90 Å². The zero-order chi connectivity index (χ0) is 11.2. The third-order valence-corrected chi connectivity index (χ3v) is 3.69. The molecule has 0 N–H and O–H groups in total. The number of rotatable bonds is 4. The first-order valence-corrected chi connectivity index (χ1v) is 6.74. The molecule has 0 bridgehead atoms. The summed E-state index contributed by atoms with van der Waals surface area (Å²) >= 11 is 5.79. The fourth-order valence-corrected chi connectivity index (χ4v) is 2.74. The van der Waals surface area contributed by atoms with Gasteiger partial charge in [-0.15, -0.1) is 11.6 Å². The molecule has 1 heterocycles. The summed E-state index contributed by atoms with van der Waals surface area (Å²) in [6, 6.07) is 10.7. The molecule has 2 rings (SSSR count). The molecule has 1 aliphatic rings. The molecule has 0 aromatic heterocycles. The van der Waals surface area contributed by atoms with Crippen LogP contribution in [0.1, 0.15) is 24.8 Å². The first kappa shape index (κ1) is 11.9. The Morgan fingerprint density at radius 3 is 2.44 bits per heavy atom. The summed E-state index contributed by atoms with van der Waals surface area (Å²) in [4.78, 5) is 2.56. The maximum atomic E-state index is 5.79. The first-order valence-electron chi connectivity index (χ1n) is 6.20. The van der Waals surface area contributed by atoms with E-state index in [1.54, 1.807) is 0 Å². The number of alkyl halides is 1. The van der Waals surface area contributed by atoms with Gasteiger partial charge in [0.1, 0.15) is 0 Å². The van der Waals surface area contributed by atoms with Gasteiger partial charge >= 0.3 is 0 Å². The van der Waals surface area contributed by atoms with Crippen LogP contribution < -0.4 is 0 Å². The highest BCUT2D eigenvalue weighted by molar-refractivity contribution is 6.17. The topological polar surface area (TPSA) is 3.24 Å². The minimum atomic E-state index is 0.823. The third-order valence-electron chi connectivity index (χ3n) is 3.47. The van der Waals surface area contributed by atoms with Crippen LogP contribution in [0, 0.1) is 5.92 Å². The van der Waals surface area contributed by atoms with E-state index in [2.05, 4.69) is 35.2 Å². The molecule has 1 aromatic rings. The second-order valence-electron chi connectivity index (χ2n) is 4.68. The van der Waals surface area contributed by atoms with E-state index in [0.29, 0.717) is 0 Å². The number of nitrogens with zero attached hydrogens (tertiary/aromatic N) is 1. The van der Waals surface area contributed by atoms with Crippen LogP contribution in [-0.2, 0) is 6.54 Å². The Hall–Kier alpha value is -0.530. The standard InChI is InChI=1S/C14H20ClN/c15-9-6-13-7-10-16(11-8-13)12-14-4-2-1-3-5-14/h1-5,13H,6-12H2. The van der Waals surface area contributed by atoms with E-state index >= 15 is 0 Å². The van der Waals surface area contributed by atoms with Gasteiger partial charge in [0.15, 0.2) is 0 Å². The molecule has 1 fully saturated rings. The van der Waals surface area contributed by atoms with Crippen LogP contribution in [0.25, 0.3) is 0 Å². The average Bonchev–Trinajstić information content (AvgIpc) is 2.33. The molecular formula is C14H20ClN. The van der Waals surface area contributed by atoms with Crippen molar-refractivity contribution in [3.63, 3.8) is 0 Å². The van der Waals surface area contributed by atoms with E-state index in [-0.39, 0.29) is 0 Å². The summed E-state index contributed by atoms with van der Waals surface area (Å²) in [5.74, 6) is 1.69. The van der Waals surface area contributed by atoms with E-state index in [9.17, 15) is 0 Å². The summed E-state index contributed by atoms with van der Waals surface area (Å²) in [6.45, 7) is 3.57. The van der Waals surface area contributed by atoms with Crippen molar-refractivity contribution in [2.24, 2.45) is 5.92 Å². The van der Waals surface area contributed by atoms with Gasteiger partial charge in [-0.1, -0.05) is 30.3 Å². The van der Waals surface area contributed by atoms with Crippen LogP contribution in [0.4, 0.5) is 0 Å². The summed E-state index contributed by atoms with van der Waals surface area (Å²) in [7, 11) is 0. The van der Waals surface area contributed by atoms with Crippen molar-refractivity contribution in [1.29, 1.82) is 0 Å². The molecule has 0 amide bonds. The normalized spacial score (nSPS) is 18.8. The van der Waals surface area contributed by atoms with Gasteiger partial charge in [-0.3, -0.25) is 4.90 Å². The Morgan fingerprint density at radius 2 is 1.81 bits per heavy atom. The van der Waals surface area contributed by atoms with Crippen molar-refractivity contribution < 1.29 is 0 Å². The number of halogens is 1. The molecule has 0 atom stereocenters. The molecular weight excluding hydrogens is 218 g/mol. The predicted octanol–water partition coefficient (Wildman–Crippen LogP) is 3.53. The molecule has 1 aliphatic heterocycles. The Morgan fingerprint density at radius 1 is 1.12 bits per heavy atom. The lowest BCUT2D eigenvalue weighted by molar-refractivity contribution is 0.175. The lowest BCUT2D eigenvalue weighted by Gasteiger charge is -2.31. The highest BCUT2D eigenvalue weighted by Gasteiger charge is 2.18. The summed E-state index contributed by atoms with van der Waals surface area (Å²) < 4.78 is 0. The summed E-state index contributed by atoms with van der Waals surface area (Å²) in [5, 5.41) is 0. The molecule has 1 aromatic carbocycles. The van der Waals surface area contributed by atoms with E-state index in [0.717, 1.165) is 18.3 Å². The Balaban J connectivity index is 1.77. The van der Waals surface area contributed by atoms with Gasteiger partial charge in [-0.2, -0.15) is 0 Å². The molecule has 88 valence electrons. The monoisotopic (exact) mass is 237 g/mol. The average molecular weight is 238 g/mol. The number of benzene rings is 1. The molecule has 0 spiro atoms. The van der Waals surface area contributed by atoms with Gasteiger partial charge < -0.3 is 0 Å². The molecule has 0 unspecified atom stereocenters. The van der Waals surface area contributed by atoms with Crippen LogP contribution in [0.2, 0.25) is 0 Å². The second kappa shape index (κ2) is 6.27. The van der Waals surface area contributed by atoms with Crippen molar-refractivity contribution in [2.75, 3.05) is 19.0 Å². The largest absolute Gasteiger partial charge is 0.299 e. The van der Waals surface area contributed by atoms with E-state index in [1.165, 1.54) is 37.9 Å². The molecule has 16 heavy (non-hydrogen) atoms. The van der Waals surface area contributed by atoms with Crippen LogP contribution in [0.5, 0.6) is 0 Å². The SMILES string of the molecule is ClCCC1CCN(Cc2ccccc2)CC1. The van der Waals surface area contributed by atoms with Crippen LogP contribution in [0.15, 0.2) is 30.3 Å². The molecule has 2 heteroatoms. The molecule has 1 saturated heterocycles. The van der Waals surface area contributed by atoms with Gasteiger partial charge in [-0.05, 0) is 43.8 Å². The number of piperidine rings is 1. The fraction of sp³-hybridized carbons (Fsp3) is 0.571. The minimum absolute atomic E-state index is 0.823. The van der Waals surface area contributed by atoms with Gasteiger partial charge in [0, 0.05) is 12.4 Å². The van der Waals surface area contributed by atoms with E-state index < -0.39 is 0 Å². The van der Waals surface area contributed by atoms with Crippen molar-refractivity contribution >= 4 is 11.6 Å². The molecule has 0 aliphatic carbocycles. The quantitative estimate of drug-likeness (QED) is 0.725. The molecule has 1 nitrogen and oxygen atoms in total. The summed E-state index contributed by atoms with van der Waals surface area (Å²) in [6.07, 6.45) is 3.83. The highest BCUT2D eigenvalue weighted by Crippen LogP contribution is 2.21. The second-order valence-corrected chi connectivity index (χ2v) is 5.06. The number of hydrogen-bond acceptors (Lipinski definition) is 1. The van der Waals surface area contributed by atoms with Crippen LogP contribution >= 0.6 is 11.6 Å². The molecule has 0 saturated carbocycles. The third kappa shape index (κ3) is 3.50. The Bertz CT molecular complexity index is 291. The first-order chi connectivity index (χ1) is 7.88. The van der Waals surface area contributed by atoms with E-state index in [1.807, 2.05) is 0 Å². The van der Waals surface area contributed by atoms with Gasteiger partial charge in [0.05, 0.1) is 0 Å². The van der Waals surface area contributed by atoms with Crippen molar-refractivity contribution in [2.45, 2.75) is 25.8 Å². The van der Waals surface area contributed by atoms with Crippen LogP contribution in [0.3, 0.4) is 0 Å². The zero-order valence-corrected chi connectivity index (χ0v) is 10.5. The van der Waals surface area contributed by atoms with Gasteiger partial charge in [-0.25, -0.2) is 0 Å². The number of likely N-dealkylation sites (tertiary alicyclic amines) is 1. The lowest BCUT2D eigenvalue weighted by atomic mass is 9.94. The van der Waals surface area contributed by atoms with Crippen LogP contribution in [-0.4, -0.2) is 23.9 Å². The predicted molar refractivity (Wildman–Crippen MR) is 69.8 cm³/mol. The maximum absolute atomic E-state index is 5.79. The summed E-state index contributed by atoms with van der Waals surface area (Å²) in [5.41, 5.74) is 1.43. The van der Waals surface area contributed by atoms with Crippen molar-refractivity contribution in [3.05, 3.63) is 35.9 Å². The zero-order valence-electron chi connectivity index (χ0n) is 9.74. The molecule has 0 radical (unpaired) electrons.